The van der Waals surface area contributed by atoms with Gasteiger partial charge in [0.25, 0.3) is 0 Å². The summed E-state index contributed by atoms with van der Waals surface area (Å²) in [6.45, 7) is 3.74. The normalized spacial score (nSPS) is 24.5. The van der Waals surface area contributed by atoms with Crippen molar-refractivity contribution in [1.29, 1.82) is 0 Å². The Balaban J connectivity index is 1.35. The molecule has 0 radical (unpaired) electrons. The summed E-state index contributed by atoms with van der Waals surface area (Å²) in [5, 5.41) is 9.81. The van der Waals surface area contributed by atoms with E-state index in [-0.39, 0.29) is 0 Å². The molecule has 2 aromatic rings. The minimum atomic E-state index is 0.439. The van der Waals surface area contributed by atoms with E-state index in [1.54, 1.807) is 0 Å². The summed E-state index contributed by atoms with van der Waals surface area (Å²) >= 11 is 7.50. The van der Waals surface area contributed by atoms with Crippen molar-refractivity contribution in [2.24, 2.45) is 0 Å². The number of anilines is 1. The number of piperidine rings is 2. The van der Waals surface area contributed by atoms with Crippen molar-refractivity contribution in [1.82, 2.24) is 10.2 Å². The van der Waals surface area contributed by atoms with Gasteiger partial charge >= 0.3 is 0 Å². The summed E-state index contributed by atoms with van der Waals surface area (Å²) in [7, 11) is 0. The maximum Gasteiger partial charge on any atom is 0.171 e. The van der Waals surface area contributed by atoms with Crippen LogP contribution in [0.15, 0.2) is 41.8 Å². The number of fused-ring (bicyclic) bond motifs is 2. The standard InChI is InChI=1S/C22H29N3OS2/c1-2-26-21-11-4-3-10-20(21)24-22(27)23-16-13-17-7-5-8-18(14-16)25(17)15-19-9-6-12-28-19/h3-4,6,9-12,16-18H,2,5,7-8,13-15H2,1H3,(H2,23,24,27)/t16?,17-,18+. The van der Waals surface area contributed by atoms with Gasteiger partial charge in [-0.3, -0.25) is 4.90 Å². The quantitative estimate of drug-likeness (QED) is 0.648. The van der Waals surface area contributed by atoms with Crippen LogP contribution in [0.5, 0.6) is 5.75 Å². The second-order valence-electron chi connectivity index (χ2n) is 7.69. The summed E-state index contributed by atoms with van der Waals surface area (Å²) in [5.41, 5.74) is 0.928. The third kappa shape index (κ3) is 4.67. The molecule has 0 saturated carbocycles. The molecule has 0 aliphatic carbocycles. The lowest BCUT2D eigenvalue weighted by Crippen LogP contribution is -2.56. The van der Waals surface area contributed by atoms with E-state index in [2.05, 4.69) is 33.0 Å². The van der Waals surface area contributed by atoms with Crippen molar-refractivity contribution in [2.45, 2.75) is 63.7 Å². The van der Waals surface area contributed by atoms with E-state index in [0.29, 0.717) is 29.8 Å². The third-order valence-electron chi connectivity index (χ3n) is 5.81. The van der Waals surface area contributed by atoms with Gasteiger partial charge in [0.2, 0.25) is 0 Å². The van der Waals surface area contributed by atoms with Crippen LogP contribution in [0.2, 0.25) is 0 Å². The minimum absolute atomic E-state index is 0.439. The lowest BCUT2D eigenvalue weighted by molar-refractivity contribution is 0.0220. The van der Waals surface area contributed by atoms with Crippen LogP contribution in [0.25, 0.3) is 0 Å². The first-order valence-electron chi connectivity index (χ1n) is 10.3. The lowest BCUT2D eigenvalue weighted by atomic mass is 9.81. The Morgan fingerprint density at radius 2 is 1.96 bits per heavy atom. The van der Waals surface area contributed by atoms with Gasteiger partial charge in [-0.15, -0.1) is 11.3 Å². The molecule has 28 heavy (non-hydrogen) atoms. The molecule has 150 valence electrons. The highest BCUT2D eigenvalue weighted by atomic mass is 32.1. The zero-order valence-corrected chi connectivity index (χ0v) is 18.0. The number of ether oxygens (including phenoxy) is 1. The zero-order valence-electron chi connectivity index (χ0n) is 16.4. The summed E-state index contributed by atoms with van der Waals surface area (Å²) in [5.74, 6) is 0.844. The number of hydrogen-bond acceptors (Lipinski definition) is 4. The molecule has 3 atom stereocenters. The van der Waals surface area contributed by atoms with Crippen molar-refractivity contribution in [3.8, 4) is 5.75 Å². The van der Waals surface area contributed by atoms with E-state index in [9.17, 15) is 0 Å². The highest BCUT2D eigenvalue weighted by Crippen LogP contribution is 2.36. The summed E-state index contributed by atoms with van der Waals surface area (Å²) < 4.78 is 5.70. The molecule has 2 aliphatic rings. The molecule has 1 aromatic heterocycles. The van der Waals surface area contributed by atoms with Crippen LogP contribution in [0.1, 0.15) is 43.9 Å². The molecule has 2 fully saturated rings. The molecule has 2 bridgehead atoms. The smallest absolute Gasteiger partial charge is 0.171 e. The second-order valence-corrected chi connectivity index (χ2v) is 9.13. The molecule has 1 aromatic carbocycles. The highest BCUT2D eigenvalue weighted by Gasteiger charge is 2.38. The SMILES string of the molecule is CCOc1ccccc1NC(=S)NC1C[C@H]2CCC[C@@H](C1)N2Cc1cccs1. The predicted octanol–water partition coefficient (Wildman–Crippen LogP) is 5.02. The number of hydrogen-bond donors (Lipinski definition) is 2. The summed E-state index contributed by atoms with van der Waals surface area (Å²) in [4.78, 5) is 4.22. The first-order chi connectivity index (χ1) is 13.7. The van der Waals surface area contributed by atoms with Gasteiger partial charge in [0.05, 0.1) is 12.3 Å². The molecule has 6 heteroatoms. The van der Waals surface area contributed by atoms with Crippen LogP contribution in [0.3, 0.4) is 0 Å². The number of benzene rings is 1. The van der Waals surface area contributed by atoms with Gasteiger partial charge in [0, 0.05) is 29.5 Å². The Hall–Kier alpha value is -1.63. The Labute approximate surface area is 177 Å². The van der Waals surface area contributed by atoms with E-state index >= 15 is 0 Å². The highest BCUT2D eigenvalue weighted by molar-refractivity contribution is 7.80. The van der Waals surface area contributed by atoms with E-state index in [4.69, 9.17) is 17.0 Å². The van der Waals surface area contributed by atoms with Crippen LogP contribution in [0, 0.1) is 0 Å². The number of nitrogens with zero attached hydrogens (tertiary/aromatic N) is 1. The Morgan fingerprint density at radius 3 is 2.68 bits per heavy atom. The molecule has 4 rings (SSSR count). The Bertz CT molecular complexity index is 766. The van der Waals surface area contributed by atoms with Crippen molar-refractivity contribution >= 4 is 34.4 Å². The molecule has 0 amide bonds. The van der Waals surface area contributed by atoms with E-state index in [0.717, 1.165) is 30.8 Å². The van der Waals surface area contributed by atoms with Gasteiger partial charge in [0.1, 0.15) is 5.75 Å². The van der Waals surface area contributed by atoms with Gasteiger partial charge in [-0.1, -0.05) is 24.6 Å². The molecular weight excluding hydrogens is 386 g/mol. The van der Waals surface area contributed by atoms with Crippen LogP contribution in [-0.4, -0.2) is 34.7 Å². The Morgan fingerprint density at radius 1 is 1.18 bits per heavy atom. The van der Waals surface area contributed by atoms with Gasteiger partial charge in [-0.2, -0.15) is 0 Å². The first kappa shape index (κ1) is 19.7. The summed E-state index contributed by atoms with van der Waals surface area (Å²) in [6, 6.07) is 14.1. The predicted molar refractivity (Wildman–Crippen MR) is 121 cm³/mol. The fraction of sp³-hybridized carbons (Fsp3) is 0.500. The largest absolute Gasteiger partial charge is 0.492 e. The van der Waals surface area contributed by atoms with Crippen LogP contribution in [0.4, 0.5) is 5.69 Å². The zero-order chi connectivity index (χ0) is 19.3. The second kappa shape index (κ2) is 9.25. The van der Waals surface area contributed by atoms with E-state index in [1.165, 1.54) is 24.1 Å². The number of thiophene rings is 1. The summed E-state index contributed by atoms with van der Waals surface area (Å²) in [6.07, 6.45) is 6.28. The van der Waals surface area contributed by atoms with Crippen molar-refractivity contribution in [2.75, 3.05) is 11.9 Å². The van der Waals surface area contributed by atoms with Crippen LogP contribution >= 0.6 is 23.6 Å². The van der Waals surface area contributed by atoms with E-state index < -0.39 is 0 Å². The number of rotatable bonds is 6. The monoisotopic (exact) mass is 415 g/mol. The van der Waals surface area contributed by atoms with Crippen molar-refractivity contribution in [3.63, 3.8) is 0 Å². The maximum atomic E-state index is 5.70. The average molecular weight is 416 g/mol. The first-order valence-corrected chi connectivity index (χ1v) is 11.6. The molecule has 2 saturated heterocycles. The lowest BCUT2D eigenvalue weighted by Gasteiger charge is -2.49. The molecule has 2 N–H and O–H groups in total. The van der Waals surface area contributed by atoms with Crippen molar-refractivity contribution in [3.05, 3.63) is 46.7 Å². The number of nitrogens with one attached hydrogen (secondary N) is 2. The number of para-hydroxylation sites is 2. The minimum Gasteiger partial charge on any atom is -0.492 e. The molecule has 4 nitrogen and oxygen atoms in total. The van der Waals surface area contributed by atoms with Gasteiger partial charge in [-0.05, 0) is 68.4 Å². The molecule has 0 spiro atoms. The van der Waals surface area contributed by atoms with Crippen LogP contribution < -0.4 is 15.4 Å². The molecular formula is C22H29N3OS2. The number of thiocarbonyl (C=S) groups is 1. The van der Waals surface area contributed by atoms with Gasteiger partial charge in [0.15, 0.2) is 5.11 Å². The molecule has 1 unspecified atom stereocenters. The Kier molecular flexibility index (Phi) is 6.50. The third-order valence-corrected chi connectivity index (χ3v) is 6.90. The average Bonchev–Trinajstić information content (AvgIpc) is 3.17. The van der Waals surface area contributed by atoms with E-state index in [1.807, 2.05) is 42.5 Å². The van der Waals surface area contributed by atoms with Crippen molar-refractivity contribution < 1.29 is 4.74 Å². The maximum absolute atomic E-state index is 5.70. The topological polar surface area (TPSA) is 36.5 Å². The van der Waals surface area contributed by atoms with Gasteiger partial charge < -0.3 is 15.4 Å². The van der Waals surface area contributed by atoms with Gasteiger partial charge in [-0.25, -0.2) is 0 Å². The fourth-order valence-corrected chi connectivity index (χ4v) is 5.62. The van der Waals surface area contributed by atoms with Crippen LogP contribution in [-0.2, 0) is 6.54 Å². The fourth-order valence-electron chi connectivity index (χ4n) is 4.63. The molecule has 2 aliphatic heterocycles. The molecule has 3 heterocycles.